The Kier molecular flexibility index (Phi) is 5.23. The highest BCUT2D eigenvalue weighted by molar-refractivity contribution is 7.95. The molecule has 0 bridgehead atoms. The summed E-state index contributed by atoms with van der Waals surface area (Å²) in [5.74, 6) is -0.535. The number of carbonyl (C=O) groups is 1. The largest absolute Gasteiger partial charge is 0.311 e. The maximum absolute atomic E-state index is 12.5. The van der Waals surface area contributed by atoms with Crippen LogP contribution in [-0.4, -0.2) is 14.3 Å². The smallest absolute Gasteiger partial charge is 0.256 e. The molecule has 4 nitrogen and oxygen atoms in total. The van der Waals surface area contributed by atoms with Gasteiger partial charge in [0.05, 0.1) is 4.90 Å². The van der Waals surface area contributed by atoms with Crippen LogP contribution in [0.15, 0.2) is 64.0 Å². The molecule has 0 unspecified atom stereocenters. The zero-order chi connectivity index (χ0) is 17.0. The number of amides is 1. The van der Waals surface area contributed by atoms with Crippen LogP contribution in [0.25, 0.3) is 0 Å². The minimum atomic E-state index is -3.88. The minimum absolute atomic E-state index is 0.0687. The summed E-state index contributed by atoms with van der Waals surface area (Å²) < 4.78 is 25.1. The SMILES string of the molecule is Cc1ccc(C(=O)NC(=CCl)S(=O)(=O)c2ccc(C)cc2)cc1. The fourth-order valence-electron chi connectivity index (χ4n) is 1.89. The number of sulfone groups is 1. The molecule has 2 aromatic rings. The average Bonchev–Trinajstić information content (AvgIpc) is 2.53. The van der Waals surface area contributed by atoms with Gasteiger partial charge in [-0.25, -0.2) is 8.42 Å². The van der Waals surface area contributed by atoms with E-state index in [1.54, 1.807) is 36.4 Å². The van der Waals surface area contributed by atoms with Gasteiger partial charge < -0.3 is 5.32 Å². The average molecular weight is 350 g/mol. The fourth-order valence-corrected chi connectivity index (χ4v) is 3.39. The van der Waals surface area contributed by atoms with Crippen molar-refractivity contribution in [2.75, 3.05) is 0 Å². The molecule has 0 heterocycles. The Labute approximate surface area is 140 Å². The number of aryl methyl sites for hydroxylation is 2. The Morgan fingerprint density at radius 3 is 1.91 bits per heavy atom. The molecule has 0 atom stereocenters. The zero-order valence-corrected chi connectivity index (χ0v) is 14.3. The highest BCUT2D eigenvalue weighted by atomic mass is 35.5. The molecule has 23 heavy (non-hydrogen) atoms. The molecule has 0 fully saturated rings. The monoisotopic (exact) mass is 349 g/mol. The lowest BCUT2D eigenvalue weighted by atomic mass is 10.1. The molecule has 1 amide bonds. The molecule has 0 saturated carbocycles. The molecule has 6 heteroatoms. The summed E-state index contributed by atoms with van der Waals surface area (Å²) in [6.07, 6.45) is 0. The molecular weight excluding hydrogens is 334 g/mol. The lowest BCUT2D eigenvalue weighted by Crippen LogP contribution is -2.27. The Hall–Kier alpha value is -2.11. The van der Waals surface area contributed by atoms with Crippen LogP contribution in [0.2, 0.25) is 0 Å². The summed E-state index contributed by atoms with van der Waals surface area (Å²) >= 11 is 5.63. The summed E-state index contributed by atoms with van der Waals surface area (Å²) in [5.41, 5.74) is 3.15. The topological polar surface area (TPSA) is 63.2 Å². The van der Waals surface area contributed by atoms with Crippen LogP contribution in [0.5, 0.6) is 0 Å². The molecular formula is C17H16ClNO3S. The lowest BCUT2D eigenvalue weighted by Gasteiger charge is -2.10. The number of halogens is 1. The van der Waals surface area contributed by atoms with E-state index in [2.05, 4.69) is 5.32 Å². The molecule has 0 radical (unpaired) electrons. The van der Waals surface area contributed by atoms with E-state index >= 15 is 0 Å². The summed E-state index contributed by atoms with van der Waals surface area (Å²) in [6.45, 7) is 3.75. The van der Waals surface area contributed by atoms with Gasteiger partial charge in [0, 0.05) is 11.1 Å². The normalized spacial score (nSPS) is 12.0. The van der Waals surface area contributed by atoms with Crippen LogP contribution in [0.3, 0.4) is 0 Å². The second-order valence-corrected chi connectivity index (χ2v) is 7.25. The Morgan fingerprint density at radius 2 is 1.43 bits per heavy atom. The Balaban J connectivity index is 2.27. The standard InChI is InChI=1S/C17H16ClNO3S/c1-12-3-7-14(8-4-12)17(20)19-16(11-18)23(21,22)15-9-5-13(2)6-10-15/h3-11H,1-2H3,(H,19,20). The second-order valence-electron chi connectivity index (χ2n) is 5.11. The van der Waals surface area contributed by atoms with Crippen molar-refractivity contribution in [1.82, 2.24) is 5.32 Å². The van der Waals surface area contributed by atoms with Crippen molar-refractivity contribution in [2.24, 2.45) is 0 Å². The lowest BCUT2D eigenvalue weighted by molar-refractivity contribution is 0.0968. The summed E-state index contributed by atoms with van der Waals surface area (Å²) in [6, 6.07) is 13.1. The van der Waals surface area contributed by atoms with Gasteiger partial charge in [0.1, 0.15) is 0 Å². The van der Waals surface area contributed by atoms with Gasteiger partial charge in [-0.15, -0.1) is 0 Å². The molecule has 0 saturated heterocycles. The van der Waals surface area contributed by atoms with Gasteiger partial charge in [-0.2, -0.15) is 0 Å². The molecule has 2 rings (SSSR count). The van der Waals surface area contributed by atoms with Gasteiger partial charge in [0.25, 0.3) is 5.91 Å². The van der Waals surface area contributed by atoms with Crippen molar-refractivity contribution in [2.45, 2.75) is 18.7 Å². The van der Waals surface area contributed by atoms with E-state index in [0.29, 0.717) is 5.56 Å². The highest BCUT2D eigenvalue weighted by Gasteiger charge is 2.22. The number of nitrogens with one attached hydrogen (secondary N) is 1. The number of rotatable bonds is 4. The van der Waals surface area contributed by atoms with Gasteiger partial charge in [-0.05, 0) is 38.1 Å². The van der Waals surface area contributed by atoms with Gasteiger partial charge in [-0.1, -0.05) is 47.0 Å². The molecule has 120 valence electrons. The number of hydrogen-bond donors (Lipinski definition) is 1. The third-order valence-corrected chi connectivity index (χ3v) is 5.31. The van der Waals surface area contributed by atoms with Crippen molar-refractivity contribution in [3.05, 3.63) is 75.8 Å². The third-order valence-electron chi connectivity index (χ3n) is 3.27. The summed E-state index contributed by atoms with van der Waals surface area (Å²) in [5, 5.41) is 2.00. The summed E-state index contributed by atoms with van der Waals surface area (Å²) in [7, 11) is -3.88. The van der Waals surface area contributed by atoms with Gasteiger partial charge in [0.15, 0.2) is 5.03 Å². The van der Waals surface area contributed by atoms with E-state index < -0.39 is 15.7 Å². The maximum Gasteiger partial charge on any atom is 0.256 e. The Morgan fingerprint density at radius 1 is 0.957 bits per heavy atom. The van der Waals surface area contributed by atoms with E-state index in [1.165, 1.54) is 12.1 Å². The number of hydrogen-bond acceptors (Lipinski definition) is 3. The van der Waals surface area contributed by atoms with Crippen molar-refractivity contribution in [3.8, 4) is 0 Å². The van der Waals surface area contributed by atoms with Gasteiger partial charge in [-0.3, -0.25) is 4.79 Å². The first kappa shape index (κ1) is 17.2. The van der Waals surface area contributed by atoms with Crippen LogP contribution >= 0.6 is 11.6 Å². The minimum Gasteiger partial charge on any atom is -0.311 e. The van der Waals surface area contributed by atoms with Crippen LogP contribution in [0.4, 0.5) is 0 Å². The van der Waals surface area contributed by atoms with E-state index in [-0.39, 0.29) is 9.92 Å². The second kappa shape index (κ2) is 6.98. The first-order chi connectivity index (χ1) is 10.8. The number of carbonyl (C=O) groups excluding carboxylic acids is 1. The van der Waals surface area contributed by atoms with Crippen molar-refractivity contribution in [1.29, 1.82) is 0 Å². The third kappa shape index (κ3) is 4.00. The molecule has 0 aliphatic rings. The van der Waals surface area contributed by atoms with Crippen molar-refractivity contribution in [3.63, 3.8) is 0 Å². The zero-order valence-electron chi connectivity index (χ0n) is 12.7. The molecule has 0 aliphatic heterocycles. The quantitative estimate of drug-likeness (QED) is 0.918. The maximum atomic E-state index is 12.5. The highest BCUT2D eigenvalue weighted by Crippen LogP contribution is 2.19. The molecule has 2 aromatic carbocycles. The molecule has 1 N–H and O–H groups in total. The first-order valence-corrected chi connectivity index (χ1v) is 8.76. The van der Waals surface area contributed by atoms with Gasteiger partial charge >= 0.3 is 0 Å². The predicted octanol–water partition coefficient (Wildman–Crippen LogP) is 3.54. The van der Waals surface area contributed by atoms with Crippen LogP contribution in [0, 0.1) is 13.8 Å². The molecule has 0 aliphatic carbocycles. The van der Waals surface area contributed by atoms with Crippen molar-refractivity contribution >= 4 is 27.3 Å². The summed E-state index contributed by atoms with van der Waals surface area (Å²) in [4.78, 5) is 12.3. The molecule has 0 spiro atoms. The van der Waals surface area contributed by atoms with E-state index in [0.717, 1.165) is 16.7 Å². The van der Waals surface area contributed by atoms with Crippen LogP contribution < -0.4 is 5.32 Å². The first-order valence-electron chi connectivity index (χ1n) is 6.85. The Bertz CT molecular complexity index is 838. The van der Waals surface area contributed by atoms with Gasteiger partial charge in [0.2, 0.25) is 9.84 Å². The van der Waals surface area contributed by atoms with E-state index in [4.69, 9.17) is 11.6 Å². The van der Waals surface area contributed by atoms with E-state index in [1.807, 2.05) is 13.8 Å². The number of benzene rings is 2. The predicted molar refractivity (Wildman–Crippen MR) is 90.9 cm³/mol. The van der Waals surface area contributed by atoms with Crippen LogP contribution in [0.1, 0.15) is 21.5 Å². The fraction of sp³-hybridized carbons (Fsp3) is 0.118. The van der Waals surface area contributed by atoms with Crippen LogP contribution in [-0.2, 0) is 9.84 Å². The van der Waals surface area contributed by atoms with Crippen molar-refractivity contribution < 1.29 is 13.2 Å². The molecule has 0 aromatic heterocycles. The van der Waals surface area contributed by atoms with E-state index in [9.17, 15) is 13.2 Å².